The molecule has 118 valence electrons. The number of nitrogens with two attached hydrogens (primary N) is 1. The molecule has 8 heteroatoms. The average Bonchev–Trinajstić information content (AvgIpc) is 2.61. The molecule has 3 aromatic rings. The molecule has 2 heterocycles. The van der Waals surface area contributed by atoms with Crippen LogP contribution in [0.1, 0.15) is 0 Å². The summed E-state index contributed by atoms with van der Waals surface area (Å²) in [6, 6.07) is 8.43. The molecule has 0 saturated heterocycles. The number of ether oxygens (including phenoxy) is 2. The number of benzene rings is 1. The van der Waals surface area contributed by atoms with E-state index < -0.39 is 0 Å². The second-order valence-electron chi connectivity index (χ2n) is 4.63. The maximum absolute atomic E-state index is 12.9. The Labute approximate surface area is 131 Å². The van der Waals surface area contributed by atoms with Gasteiger partial charge in [0.15, 0.2) is 11.5 Å². The average molecular weight is 313 g/mol. The zero-order chi connectivity index (χ0) is 16.4. The van der Waals surface area contributed by atoms with Crippen LogP contribution in [0.5, 0.6) is 11.5 Å². The van der Waals surface area contributed by atoms with E-state index in [-0.39, 0.29) is 11.5 Å². The van der Waals surface area contributed by atoms with Crippen LogP contribution >= 0.6 is 0 Å². The van der Waals surface area contributed by atoms with E-state index in [1.807, 2.05) is 0 Å². The number of hydrogen-bond acceptors (Lipinski definition) is 7. The molecule has 23 heavy (non-hydrogen) atoms. The Kier molecular flexibility index (Phi) is 3.82. The van der Waals surface area contributed by atoms with Crippen molar-refractivity contribution in [2.45, 2.75) is 0 Å². The molecule has 0 aliphatic heterocycles. The van der Waals surface area contributed by atoms with Gasteiger partial charge in [-0.2, -0.15) is 0 Å². The zero-order valence-electron chi connectivity index (χ0n) is 12.6. The van der Waals surface area contributed by atoms with Crippen molar-refractivity contribution < 1.29 is 9.47 Å². The lowest BCUT2D eigenvalue weighted by molar-refractivity contribution is 0.355. The Morgan fingerprint density at radius 3 is 2.52 bits per heavy atom. The van der Waals surface area contributed by atoms with Crippen LogP contribution in [0.25, 0.3) is 16.7 Å². The third-order valence-electron chi connectivity index (χ3n) is 3.38. The SMILES string of the molecule is COc1cc2nc(NN)n(-c3ccccn3)c(=O)c2cc1OC. The largest absolute Gasteiger partial charge is 0.493 e. The van der Waals surface area contributed by atoms with Gasteiger partial charge in [-0.15, -0.1) is 0 Å². The number of anilines is 1. The molecule has 0 saturated carbocycles. The summed E-state index contributed by atoms with van der Waals surface area (Å²) in [5, 5.41) is 0.368. The van der Waals surface area contributed by atoms with Gasteiger partial charge >= 0.3 is 0 Å². The molecule has 0 fully saturated rings. The fraction of sp³-hybridized carbons (Fsp3) is 0.133. The second-order valence-corrected chi connectivity index (χ2v) is 4.63. The highest BCUT2D eigenvalue weighted by Crippen LogP contribution is 2.30. The molecule has 0 atom stereocenters. The van der Waals surface area contributed by atoms with E-state index >= 15 is 0 Å². The van der Waals surface area contributed by atoms with Gasteiger partial charge < -0.3 is 9.47 Å². The van der Waals surface area contributed by atoms with Crippen LogP contribution < -0.4 is 26.3 Å². The van der Waals surface area contributed by atoms with E-state index in [0.717, 1.165) is 0 Å². The fourth-order valence-corrected chi connectivity index (χ4v) is 2.31. The molecule has 0 spiro atoms. The Bertz CT molecular complexity index is 908. The highest BCUT2D eigenvalue weighted by molar-refractivity contribution is 5.83. The number of methoxy groups -OCH3 is 2. The van der Waals surface area contributed by atoms with Crippen molar-refractivity contribution in [3.8, 4) is 17.3 Å². The van der Waals surface area contributed by atoms with Crippen molar-refractivity contribution in [1.82, 2.24) is 14.5 Å². The molecule has 0 aliphatic rings. The first-order valence-corrected chi connectivity index (χ1v) is 6.76. The molecule has 0 aliphatic carbocycles. The summed E-state index contributed by atoms with van der Waals surface area (Å²) < 4.78 is 11.8. The maximum Gasteiger partial charge on any atom is 0.268 e. The number of hydrazine groups is 1. The molecular formula is C15H15N5O3. The minimum Gasteiger partial charge on any atom is -0.493 e. The first-order valence-electron chi connectivity index (χ1n) is 6.76. The Morgan fingerprint density at radius 1 is 1.17 bits per heavy atom. The normalized spacial score (nSPS) is 10.6. The van der Waals surface area contributed by atoms with Crippen molar-refractivity contribution in [3.05, 3.63) is 46.9 Å². The van der Waals surface area contributed by atoms with E-state index in [1.165, 1.54) is 18.8 Å². The topological polar surface area (TPSA) is 104 Å². The van der Waals surface area contributed by atoms with E-state index in [2.05, 4.69) is 15.4 Å². The number of hydrogen-bond donors (Lipinski definition) is 2. The number of pyridine rings is 1. The smallest absolute Gasteiger partial charge is 0.268 e. The Hall–Kier alpha value is -3.13. The van der Waals surface area contributed by atoms with Crippen LogP contribution in [-0.4, -0.2) is 28.8 Å². The lowest BCUT2D eigenvalue weighted by Crippen LogP contribution is -2.26. The molecule has 3 rings (SSSR count). The van der Waals surface area contributed by atoms with Gasteiger partial charge in [-0.05, 0) is 18.2 Å². The van der Waals surface area contributed by atoms with Crippen molar-refractivity contribution >= 4 is 16.9 Å². The van der Waals surface area contributed by atoms with Gasteiger partial charge in [0.05, 0.1) is 25.1 Å². The molecule has 0 amide bonds. The molecule has 2 aromatic heterocycles. The molecule has 0 unspecified atom stereocenters. The van der Waals surface area contributed by atoms with Gasteiger partial charge in [0.2, 0.25) is 5.95 Å². The van der Waals surface area contributed by atoms with Gasteiger partial charge in [0.25, 0.3) is 5.56 Å². The first kappa shape index (κ1) is 14.8. The fourth-order valence-electron chi connectivity index (χ4n) is 2.31. The summed E-state index contributed by atoms with van der Waals surface area (Å²) >= 11 is 0. The number of aromatic nitrogens is 3. The number of nitrogens with one attached hydrogen (secondary N) is 1. The minimum atomic E-state index is -0.317. The minimum absolute atomic E-state index is 0.174. The zero-order valence-corrected chi connectivity index (χ0v) is 12.6. The van der Waals surface area contributed by atoms with Crippen LogP contribution in [0, 0.1) is 0 Å². The molecule has 8 nitrogen and oxygen atoms in total. The van der Waals surface area contributed by atoms with Crippen molar-refractivity contribution in [2.24, 2.45) is 5.84 Å². The van der Waals surface area contributed by atoms with Crippen LogP contribution in [0.2, 0.25) is 0 Å². The monoisotopic (exact) mass is 313 g/mol. The highest BCUT2D eigenvalue weighted by Gasteiger charge is 2.16. The van der Waals surface area contributed by atoms with Crippen LogP contribution in [0.15, 0.2) is 41.3 Å². The van der Waals surface area contributed by atoms with E-state index in [1.54, 1.807) is 36.5 Å². The number of rotatable bonds is 4. The van der Waals surface area contributed by atoms with Crippen LogP contribution in [0.3, 0.4) is 0 Å². The molecular weight excluding hydrogens is 298 g/mol. The second kappa shape index (κ2) is 5.93. The predicted molar refractivity (Wildman–Crippen MR) is 86.0 cm³/mol. The van der Waals surface area contributed by atoms with Crippen molar-refractivity contribution in [3.63, 3.8) is 0 Å². The van der Waals surface area contributed by atoms with Gasteiger partial charge in [-0.1, -0.05) is 6.07 Å². The van der Waals surface area contributed by atoms with Crippen molar-refractivity contribution in [1.29, 1.82) is 0 Å². The Balaban J connectivity index is 2.38. The molecule has 1 aromatic carbocycles. The summed E-state index contributed by atoms with van der Waals surface area (Å²) in [5.74, 6) is 7.03. The standard InChI is InChI=1S/C15H15N5O3/c1-22-11-7-9-10(8-12(11)23-2)18-15(19-16)20(14(9)21)13-5-3-4-6-17-13/h3-8H,16H2,1-2H3,(H,18,19). The molecule has 0 bridgehead atoms. The Morgan fingerprint density at radius 2 is 1.91 bits per heavy atom. The third-order valence-corrected chi connectivity index (χ3v) is 3.38. The van der Waals surface area contributed by atoms with Crippen LogP contribution in [0.4, 0.5) is 5.95 Å². The molecule has 3 N–H and O–H groups in total. The summed E-state index contributed by atoms with van der Waals surface area (Å²) in [7, 11) is 3.02. The van der Waals surface area contributed by atoms with Gasteiger partial charge in [0, 0.05) is 12.3 Å². The van der Waals surface area contributed by atoms with Crippen LogP contribution in [-0.2, 0) is 0 Å². The summed E-state index contributed by atoms with van der Waals surface area (Å²) in [6.07, 6.45) is 1.58. The molecule has 0 radical (unpaired) electrons. The highest BCUT2D eigenvalue weighted by atomic mass is 16.5. The number of nitrogens with zero attached hydrogens (tertiary/aromatic N) is 3. The van der Waals surface area contributed by atoms with Gasteiger partial charge in [0.1, 0.15) is 5.82 Å². The van der Waals surface area contributed by atoms with E-state index in [0.29, 0.717) is 28.2 Å². The van der Waals surface area contributed by atoms with E-state index in [4.69, 9.17) is 15.3 Å². The van der Waals surface area contributed by atoms with Gasteiger partial charge in [-0.25, -0.2) is 20.4 Å². The summed E-state index contributed by atoms with van der Waals surface area (Å²) in [6.45, 7) is 0. The number of nitrogen functional groups attached to an aromatic ring is 1. The first-order chi connectivity index (χ1) is 11.2. The predicted octanol–water partition coefficient (Wildman–Crippen LogP) is 1.08. The quantitative estimate of drug-likeness (QED) is 0.548. The maximum atomic E-state index is 12.9. The lowest BCUT2D eigenvalue weighted by Gasteiger charge is -2.13. The third kappa shape index (κ3) is 2.44. The number of fused-ring (bicyclic) bond motifs is 1. The van der Waals surface area contributed by atoms with Gasteiger partial charge in [-0.3, -0.25) is 10.2 Å². The van der Waals surface area contributed by atoms with E-state index in [9.17, 15) is 4.79 Å². The van der Waals surface area contributed by atoms with Crippen molar-refractivity contribution in [2.75, 3.05) is 19.6 Å². The summed E-state index contributed by atoms with van der Waals surface area (Å²) in [5.41, 5.74) is 2.55. The summed E-state index contributed by atoms with van der Waals surface area (Å²) in [4.78, 5) is 21.4. The lowest BCUT2D eigenvalue weighted by atomic mass is 10.2.